The van der Waals surface area contributed by atoms with Crippen molar-refractivity contribution in [2.75, 3.05) is 9.80 Å². The maximum Gasteiger partial charge on any atom is 0.252 e. The van der Waals surface area contributed by atoms with Crippen molar-refractivity contribution in [3.05, 3.63) is 248 Å². The molecule has 11 aromatic carbocycles. The number of rotatable bonds is 6. The highest BCUT2D eigenvalue weighted by Crippen LogP contribution is 2.51. The first-order chi connectivity index (χ1) is 36.8. The van der Waals surface area contributed by atoms with Crippen LogP contribution in [0, 0.1) is 0 Å². The Morgan fingerprint density at radius 3 is 1.07 bits per heavy atom. The molecule has 75 heavy (non-hydrogen) atoms. The summed E-state index contributed by atoms with van der Waals surface area (Å²) in [5.41, 5.74) is 24.3. The third-order valence-corrected chi connectivity index (χ3v) is 15.8. The van der Waals surface area contributed by atoms with Crippen LogP contribution >= 0.6 is 0 Å². The molecule has 2 aliphatic rings. The molecular formula is C70H49BN2O2. The standard InChI is InChI=1S/C70H49BN2O2/c1-70(2,3)52-42-61-69-62(43-52)73(60-27-17-29-66-68(60)54-39-49(33-37-64(54)75-66)45-20-10-5-11-21-45)58-35-31-51(47-24-14-7-15-25-47)41-56(58)71(69)55-40-50(46-22-12-6-13-23-46)30-34-57(55)72(61)59-26-16-28-65-67(59)53-38-48(32-36-63(53)74-65)44-18-8-4-9-19-44/h4-43H,1-3H3. The van der Waals surface area contributed by atoms with Crippen molar-refractivity contribution in [2.24, 2.45) is 0 Å². The molecule has 2 aliphatic heterocycles. The second kappa shape index (κ2) is 16.6. The maximum absolute atomic E-state index is 6.82. The summed E-state index contributed by atoms with van der Waals surface area (Å²) in [4.78, 5) is 5.12. The molecule has 2 aromatic heterocycles. The van der Waals surface area contributed by atoms with Gasteiger partial charge in [0.25, 0.3) is 6.71 Å². The average Bonchev–Trinajstić information content (AvgIpc) is 4.11. The quantitative estimate of drug-likeness (QED) is 0.156. The normalized spacial score (nSPS) is 12.9. The molecule has 0 atom stereocenters. The fourth-order valence-electron chi connectivity index (χ4n) is 12.2. The molecular weight excluding hydrogens is 912 g/mol. The van der Waals surface area contributed by atoms with Crippen molar-refractivity contribution in [3.8, 4) is 44.5 Å². The average molecular weight is 961 g/mol. The first kappa shape index (κ1) is 43.3. The maximum atomic E-state index is 6.82. The Labute approximate surface area is 436 Å². The largest absolute Gasteiger partial charge is 0.456 e. The Morgan fingerprint density at radius 1 is 0.307 bits per heavy atom. The van der Waals surface area contributed by atoms with Gasteiger partial charge >= 0.3 is 0 Å². The van der Waals surface area contributed by atoms with E-state index in [4.69, 9.17) is 8.83 Å². The first-order valence-electron chi connectivity index (χ1n) is 26.0. The summed E-state index contributed by atoms with van der Waals surface area (Å²) in [5.74, 6) is 0. The van der Waals surface area contributed by atoms with Crippen molar-refractivity contribution >= 4 is 101 Å². The topological polar surface area (TPSA) is 32.8 Å². The van der Waals surface area contributed by atoms with Gasteiger partial charge in [-0.05, 0) is 145 Å². The van der Waals surface area contributed by atoms with Crippen LogP contribution in [-0.4, -0.2) is 6.71 Å². The van der Waals surface area contributed by atoms with E-state index in [0.717, 1.165) is 89.1 Å². The second-order valence-corrected chi connectivity index (χ2v) is 21.2. The lowest BCUT2D eigenvalue weighted by Gasteiger charge is -2.45. The molecule has 4 heterocycles. The molecule has 0 unspecified atom stereocenters. The predicted molar refractivity (Wildman–Crippen MR) is 315 cm³/mol. The van der Waals surface area contributed by atoms with Crippen LogP contribution in [0.15, 0.2) is 251 Å². The number of furan rings is 2. The summed E-state index contributed by atoms with van der Waals surface area (Å²) in [6, 6.07) is 88.6. The zero-order valence-electron chi connectivity index (χ0n) is 41.9. The van der Waals surface area contributed by atoms with E-state index in [1.54, 1.807) is 0 Å². The third kappa shape index (κ3) is 6.85. The SMILES string of the molecule is CC(C)(C)c1cc2c3c(c1)N(c1cccc4oc5ccc(-c6ccccc6)cc5c14)c1ccc(-c4ccccc4)cc1B3c1cc(-c3ccccc3)ccc1N2c1cccc2oc3ccc(-c4ccccc4)cc3c12. The van der Waals surface area contributed by atoms with E-state index in [1.165, 1.54) is 55.3 Å². The lowest BCUT2D eigenvalue weighted by atomic mass is 9.33. The number of anilines is 6. The molecule has 0 amide bonds. The van der Waals surface area contributed by atoms with Gasteiger partial charge in [-0.15, -0.1) is 0 Å². The van der Waals surface area contributed by atoms with Gasteiger partial charge in [0.1, 0.15) is 22.3 Å². The zero-order valence-corrected chi connectivity index (χ0v) is 41.9. The Balaban J connectivity index is 1.07. The van der Waals surface area contributed by atoms with E-state index in [9.17, 15) is 0 Å². The van der Waals surface area contributed by atoms with Crippen LogP contribution in [0.1, 0.15) is 26.3 Å². The first-order valence-corrected chi connectivity index (χ1v) is 26.0. The van der Waals surface area contributed by atoms with Crippen LogP contribution in [-0.2, 0) is 5.41 Å². The molecule has 0 saturated heterocycles. The minimum atomic E-state index is -0.217. The molecule has 13 aromatic rings. The van der Waals surface area contributed by atoms with Crippen LogP contribution in [0.25, 0.3) is 88.4 Å². The molecule has 15 rings (SSSR count). The minimum absolute atomic E-state index is 0.135. The van der Waals surface area contributed by atoms with Crippen molar-refractivity contribution < 1.29 is 8.83 Å². The summed E-state index contributed by atoms with van der Waals surface area (Å²) in [6.45, 7) is 6.88. The van der Waals surface area contributed by atoms with E-state index in [2.05, 4.69) is 273 Å². The van der Waals surface area contributed by atoms with Crippen LogP contribution in [0.2, 0.25) is 0 Å². The summed E-state index contributed by atoms with van der Waals surface area (Å²) >= 11 is 0. The fraction of sp³-hybridized carbons (Fsp3) is 0.0571. The lowest BCUT2D eigenvalue weighted by molar-refractivity contribution is 0.590. The Hall–Kier alpha value is -9.32. The monoisotopic (exact) mass is 960 g/mol. The van der Waals surface area contributed by atoms with Crippen LogP contribution in [0.4, 0.5) is 34.1 Å². The van der Waals surface area contributed by atoms with Gasteiger partial charge in [0.15, 0.2) is 0 Å². The van der Waals surface area contributed by atoms with Gasteiger partial charge in [-0.1, -0.05) is 191 Å². The molecule has 4 nitrogen and oxygen atoms in total. The molecule has 0 spiro atoms. The molecule has 0 aliphatic carbocycles. The van der Waals surface area contributed by atoms with Crippen molar-refractivity contribution in [2.45, 2.75) is 26.2 Å². The summed E-state index contributed by atoms with van der Waals surface area (Å²) in [6.07, 6.45) is 0. The fourth-order valence-corrected chi connectivity index (χ4v) is 12.2. The molecule has 354 valence electrons. The van der Waals surface area contributed by atoms with Crippen molar-refractivity contribution in [3.63, 3.8) is 0 Å². The highest BCUT2D eigenvalue weighted by molar-refractivity contribution is 7.00. The van der Waals surface area contributed by atoms with E-state index >= 15 is 0 Å². The number of benzene rings is 11. The van der Waals surface area contributed by atoms with E-state index in [-0.39, 0.29) is 12.1 Å². The van der Waals surface area contributed by atoms with Crippen LogP contribution < -0.4 is 26.2 Å². The van der Waals surface area contributed by atoms with Crippen molar-refractivity contribution in [1.82, 2.24) is 0 Å². The molecule has 5 heteroatoms. The molecule has 0 radical (unpaired) electrons. The second-order valence-electron chi connectivity index (χ2n) is 21.2. The van der Waals surface area contributed by atoms with Crippen molar-refractivity contribution in [1.29, 1.82) is 0 Å². The molecule has 0 bridgehead atoms. The summed E-state index contributed by atoms with van der Waals surface area (Å²) in [5, 5.41) is 4.33. The van der Waals surface area contributed by atoms with E-state index in [0.29, 0.717) is 0 Å². The van der Waals surface area contributed by atoms with Gasteiger partial charge in [0.2, 0.25) is 0 Å². The lowest BCUT2D eigenvalue weighted by Crippen LogP contribution is -2.61. The third-order valence-electron chi connectivity index (χ3n) is 15.8. The minimum Gasteiger partial charge on any atom is -0.456 e. The summed E-state index contributed by atoms with van der Waals surface area (Å²) < 4.78 is 13.6. The van der Waals surface area contributed by atoms with Gasteiger partial charge in [0, 0.05) is 33.5 Å². The number of fused-ring (bicyclic) bond motifs is 10. The zero-order chi connectivity index (χ0) is 49.9. The Morgan fingerprint density at radius 2 is 0.680 bits per heavy atom. The Bertz CT molecular complexity index is 4130. The number of hydrogen-bond acceptors (Lipinski definition) is 4. The predicted octanol–water partition coefficient (Wildman–Crippen LogP) is 17.5. The van der Waals surface area contributed by atoms with Gasteiger partial charge in [0.05, 0.1) is 22.1 Å². The van der Waals surface area contributed by atoms with Gasteiger partial charge in [-0.25, -0.2) is 0 Å². The van der Waals surface area contributed by atoms with Gasteiger partial charge < -0.3 is 18.6 Å². The summed E-state index contributed by atoms with van der Waals surface area (Å²) in [7, 11) is 0. The number of nitrogens with zero attached hydrogens (tertiary/aromatic N) is 2. The van der Waals surface area contributed by atoms with Crippen LogP contribution in [0.3, 0.4) is 0 Å². The smallest absolute Gasteiger partial charge is 0.252 e. The van der Waals surface area contributed by atoms with Gasteiger partial charge in [-0.2, -0.15) is 0 Å². The highest BCUT2D eigenvalue weighted by Gasteiger charge is 2.45. The highest BCUT2D eigenvalue weighted by atomic mass is 16.3. The van der Waals surface area contributed by atoms with Crippen LogP contribution in [0.5, 0.6) is 0 Å². The molecule has 0 N–H and O–H groups in total. The molecule has 0 fully saturated rings. The van der Waals surface area contributed by atoms with E-state index in [1.807, 2.05) is 0 Å². The Kier molecular flexibility index (Phi) is 9.58. The molecule has 0 saturated carbocycles. The van der Waals surface area contributed by atoms with Gasteiger partial charge in [-0.3, -0.25) is 0 Å². The van der Waals surface area contributed by atoms with E-state index < -0.39 is 0 Å². The number of hydrogen-bond donors (Lipinski definition) is 0.